The molecular formula is C14H25N3S. The molecule has 1 rings (SSSR count). The molecular weight excluding hydrogens is 242 g/mol. The third kappa shape index (κ3) is 3.87. The Morgan fingerprint density at radius 1 is 1.00 bits per heavy atom. The fourth-order valence-corrected chi connectivity index (χ4v) is 2.43. The molecule has 0 amide bonds. The van der Waals surface area contributed by atoms with Crippen LogP contribution in [0.1, 0.15) is 52.9 Å². The van der Waals surface area contributed by atoms with Crippen LogP contribution in [-0.2, 0) is 5.41 Å². The molecule has 0 saturated carbocycles. The Balaban J connectivity index is 3.32. The molecule has 0 fully saturated rings. The highest BCUT2D eigenvalue weighted by atomic mass is 32.2. The molecule has 3 nitrogen and oxygen atoms in total. The van der Waals surface area contributed by atoms with Gasteiger partial charge in [0.05, 0.1) is 0 Å². The molecule has 0 aliphatic heterocycles. The summed E-state index contributed by atoms with van der Waals surface area (Å²) in [5.74, 6) is 1.82. The van der Waals surface area contributed by atoms with Gasteiger partial charge in [0, 0.05) is 22.8 Å². The average molecular weight is 267 g/mol. The molecule has 18 heavy (non-hydrogen) atoms. The minimum absolute atomic E-state index is 0.0352. The predicted octanol–water partition coefficient (Wildman–Crippen LogP) is 4.01. The van der Waals surface area contributed by atoms with Gasteiger partial charge in [0.25, 0.3) is 0 Å². The van der Waals surface area contributed by atoms with E-state index in [9.17, 15) is 0 Å². The first-order chi connectivity index (χ1) is 8.04. The quantitative estimate of drug-likeness (QED) is 0.649. The Kier molecular flexibility index (Phi) is 4.31. The van der Waals surface area contributed by atoms with Gasteiger partial charge < -0.3 is 5.32 Å². The maximum atomic E-state index is 4.75. The summed E-state index contributed by atoms with van der Waals surface area (Å²) in [7, 11) is 1.91. The first-order valence-electron chi connectivity index (χ1n) is 6.30. The van der Waals surface area contributed by atoms with Crippen molar-refractivity contribution in [1.82, 2.24) is 9.97 Å². The number of anilines is 1. The third-order valence-corrected chi connectivity index (χ3v) is 3.61. The molecule has 1 heterocycles. The van der Waals surface area contributed by atoms with Crippen molar-refractivity contribution in [3.8, 4) is 0 Å². The van der Waals surface area contributed by atoms with Crippen molar-refractivity contribution in [2.45, 2.75) is 63.7 Å². The van der Waals surface area contributed by atoms with Gasteiger partial charge >= 0.3 is 0 Å². The van der Waals surface area contributed by atoms with Crippen LogP contribution in [0.25, 0.3) is 0 Å². The van der Waals surface area contributed by atoms with Crippen molar-refractivity contribution in [1.29, 1.82) is 0 Å². The molecule has 0 radical (unpaired) electrons. The second kappa shape index (κ2) is 5.08. The lowest BCUT2D eigenvalue weighted by atomic mass is 9.95. The van der Waals surface area contributed by atoms with E-state index in [4.69, 9.17) is 4.98 Å². The van der Waals surface area contributed by atoms with E-state index >= 15 is 0 Å². The van der Waals surface area contributed by atoms with Crippen LogP contribution in [0.15, 0.2) is 5.03 Å². The summed E-state index contributed by atoms with van der Waals surface area (Å²) in [6.07, 6.45) is 0. The summed E-state index contributed by atoms with van der Waals surface area (Å²) in [6, 6.07) is 0. The molecule has 0 saturated heterocycles. The Bertz CT molecular complexity index is 428. The highest BCUT2D eigenvalue weighted by molar-refractivity contribution is 8.00. The van der Waals surface area contributed by atoms with Gasteiger partial charge in [-0.15, -0.1) is 11.8 Å². The molecule has 1 aromatic rings. The molecule has 0 unspecified atom stereocenters. The van der Waals surface area contributed by atoms with Crippen molar-refractivity contribution in [3.05, 3.63) is 11.4 Å². The number of aromatic nitrogens is 2. The van der Waals surface area contributed by atoms with E-state index < -0.39 is 0 Å². The lowest BCUT2D eigenvalue weighted by molar-refractivity contribution is 0.538. The molecule has 0 spiro atoms. The lowest BCUT2D eigenvalue weighted by Gasteiger charge is -2.23. The summed E-state index contributed by atoms with van der Waals surface area (Å²) in [5, 5.41) is 4.25. The maximum absolute atomic E-state index is 4.75. The van der Waals surface area contributed by atoms with E-state index in [-0.39, 0.29) is 10.2 Å². The number of hydrogen-bond donors (Lipinski definition) is 1. The molecule has 4 heteroatoms. The van der Waals surface area contributed by atoms with Crippen LogP contribution in [0.4, 0.5) is 5.82 Å². The van der Waals surface area contributed by atoms with Gasteiger partial charge in [-0.25, -0.2) is 9.97 Å². The zero-order valence-corrected chi connectivity index (χ0v) is 13.6. The summed E-state index contributed by atoms with van der Waals surface area (Å²) < 4.78 is 0.152. The van der Waals surface area contributed by atoms with Gasteiger partial charge in [-0.2, -0.15) is 0 Å². The van der Waals surface area contributed by atoms with Gasteiger partial charge in [0.15, 0.2) is 0 Å². The molecule has 0 aliphatic carbocycles. The minimum Gasteiger partial charge on any atom is -0.373 e. The van der Waals surface area contributed by atoms with Crippen LogP contribution in [0.3, 0.4) is 0 Å². The fourth-order valence-electron chi connectivity index (χ4n) is 1.46. The van der Waals surface area contributed by atoms with E-state index in [1.54, 1.807) is 11.8 Å². The van der Waals surface area contributed by atoms with E-state index in [1.165, 1.54) is 0 Å². The standard InChI is InChI=1S/C14H25N3S/c1-9-10(15-8)16-12(13(2,3)4)17-11(9)18-14(5,6)7/h1-8H3,(H,15,16,17). The number of hydrogen-bond acceptors (Lipinski definition) is 4. The van der Waals surface area contributed by atoms with E-state index in [2.05, 4.69) is 58.8 Å². The first kappa shape index (κ1) is 15.3. The van der Waals surface area contributed by atoms with Gasteiger partial charge in [0.2, 0.25) is 0 Å². The van der Waals surface area contributed by atoms with Crippen LogP contribution in [0.2, 0.25) is 0 Å². The normalized spacial score (nSPS) is 12.7. The van der Waals surface area contributed by atoms with Crippen molar-refractivity contribution in [3.63, 3.8) is 0 Å². The van der Waals surface area contributed by atoms with Crippen LogP contribution in [0, 0.1) is 6.92 Å². The monoisotopic (exact) mass is 267 g/mol. The molecule has 0 aliphatic rings. The summed E-state index contributed by atoms with van der Waals surface area (Å²) >= 11 is 1.80. The lowest BCUT2D eigenvalue weighted by Crippen LogP contribution is -2.19. The zero-order valence-electron chi connectivity index (χ0n) is 12.8. The van der Waals surface area contributed by atoms with E-state index in [0.717, 1.165) is 22.2 Å². The van der Waals surface area contributed by atoms with Crippen LogP contribution in [0.5, 0.6) is 0 Å². The fraction of sp³-hybridized carbons (Fsp3) is 0.714. The Morgan fingerprint density at radius 2 is 1.56 bits per heavy atom. The summed E-state index contributed by atoms with van der Waals surface area (Å²) in [6.45, 7) is 15.1. The maximum Gasteiger partial charge on any atom is 0.137 e. The second-order valence-corrected chi connectivity index (χ2v) is 8.36. The van der Waals surface area contributed by atoms with Crippen molar-refractivity contribution >= 4 is 17.6 Å². The van der Waals surface area contributed by atoms with Gasteiger partial charge in [0.1, 0.15) is 16.7 Å². The van der Waals surface area contributed by atoms with Gasteiger partial charge in [-0.3, -0.25) is 0 Å². The third-order valence-electron chi connectivity index (χ3n) is 2.41. The van der Waals surface area contributed by atoms with Crippen LogP contribution in [-0.4, -0.2) is 21.8 Å². The summed E-state index contributed by atoms with van der Waals surface area (Å²) in [4.78, 5) is 9.37. The number of thioether (sulfide) groups is 1. The van der Waals surface area contributed by atoms with Crippen molar-refractivity contribution in [2.24, 2.45) is 0 Å². The number of nitrogens with one attached hydrogen (secondary N) is 1. The molecule has 0 aromatic carbocycles. The molecule has 0 bridgehead atoms. The van der Waals surface area contributed by atoms with Crippen molar-refractivity contribution in [2.75, 3.05) is 12.4 Å². The highest BCUT2D eigenvalue weighted by Gasteiger charge is 2.23. The number of rotatable bonds is 2. The summed E-state index contributed by atoms with van der Waals surface area (Å²) in [5.41, 5.74) is 1.09. The molecule has 1 N–H and O–H groups in total. The highest BCUT2D eigenvalue weighted by Crippen LogP contribution is 2.35. The Hall–Kier alpha value is -0.770. The van der Waals surface area contributed by atoms with E-state index in [1.807, 2.05) is 7.05 Å². The van der Waals surface area contributed by atoms with Gasteiger partial charge in [-0.05, 0) is 6.92 Å². The van der Waals surface area contributed by atoms with E-state index in [0.29, 0.717) is 0 Å². The molecule has 0 atom stereocenters. The largest absolute Gasteiger partial charge is 0.373 e. The topological polar surface area (TPSA) is 37.8 Å². The minimum atomic E-state index is -0.0352. The smallest absolute Gasteiger partial charge is 0.137 e. The zero-order chi connectivity index (χ0) is 14.1. The molecule has 102 valence electrons. The Labute approximate surface area is 115 Å². The number of nitrogens with zero attached hydrogens (tertiary/aromatic N) is 2. The van der Waals surface area contributed by atoms with Crippen molar-refractivity contribution < 1.29 is 0 Å². The van der Waals surface area contributed by atoms with Crippen LogP contribution < -0.4 is 5.32 Å². The SMILES string of the molecule is CNc1nc(C(C)(C)C)nc(SC(C)(C)C)c1C. The van der Waals surface area contributed by atoms with Gasteiger partial charge in [-0.1, -0.05) is 41.5 Å². The average Bonchev–Trinajstić information content (AvgIpc) is 2.17. The Morgan fingerprint density at radius 3 is 1.94 bits per heavy atom. The van der Waals surface area contributed by atoms with Crippen LogP contribution >= 0.6 is 11.8 Å². The predicted molar refractivity (Wildman–Crippen MR) is 80.6 cm³/mol. The second-order valence-electron chi connectivity index (χ2n) is 6.54. The first-order valence-corrected chi connectivity index (χ1v) is 7.12. The molecule has 1 aromatic heterocycles.